The van der Waals surface area contributed by atoms with Gasteiger partial charge in [-0.1, -0.05) is 90.2 Å². The Morgan fingerprint density at radius 1 is 0.422 bits per heavy atom. The Morgan fingerprint density at radius 2 is 0.750 bits per heavy atom. The molecule has 0 radical (unpaired) electrons. The van der Waals surface area contributed by atoms with E-state index in [2.05, 4.69) is 37.9 Å². The minimum Gasteiger partial charge on any atom is -0.463 e. The highest BCUT2D eigenvalue weighted by Crippen LogP contribution is 2.13. The highest BCUT2D eigenvalue weighted by atomic mass is 16.6. The molecule has 1 fully saturated rings. The fourth-order valence-electron chi connectivity index (χ4n) is 7.05. The highest BCUT2D eigenvalue weighted by Gasteiger charge is 2.28. The molecule has 1 saturated heterocycles. The Hall–Kier alpha value is -1.27. The van der Waals surface area contributed by atoms with Gasteiger partial charge in [0.1, 0.15) is 6.61 Å². The number of hydrogen-bond donors (Lipinski definition) is 0. The van der Waals surface area contributed by atoms with Gasteiger partial charge in [0, 0.05) is 26.2 Å². The number of ether oxygens (including phenoxy) is 11. The number of hydrogen-bond acceptors (Lipinski definition) is 13. The van der Waals surface area contributed by atoms with Gasteiger partial charge in [0.15, 0.2) is 0 Å². The number of nitrogens with zero attached hydrogens (tertiary/aromatic N) is 2. The van der Waals surface area contributed by atoms with Crippen LogP contribution in [0.1, 0.15) is 123 Å². The first-order valence-corrected chi connectivity index (χ1v) is 25.7. The van der Waals surface area contributed by atoms with Crippen LogP contribution in [-0.4, -0.2) is 200 Å². The van der Waals surface area contributed by atoms with Crippen molar-refractivity contribution in [2.75, 3.05) is 185 Å². The smallest absolute Gasteiger partial charge is 0.307 e. The summed E-state index contributed by atoms with van der Waals surface area (Å²) in [5, 5.41) is 0. The zero-order valence-electron chi connectivity index (χ0n) is 41.6. The van der Waals surface area contributed by atoms with Crippen molar-refractivity contribution in [1.82, 2.24) is 4.90 Å². The SMILES string of the molecule is CCCCCCCCC=CCCCCCCCCOCCOCCOCCOCCOCCOCCOCCOCCOCCOCCOC(=O)CCN1CC[N+](C)(CCCC)CC1. The quantitative estimate of drug-likeness (QED) is 0.0257. The van der Waals surface area contributed by atoms with Crippen molar-refractivity contribution in [3.05, 3.63) is 12.2 Å². The molecule has 0 aromatic rings. The molecule has 1 aliphatic rings. The molecule has 0 spiro atoms. The third kappa shape index (κ3) is 44.6. The largest absolute Gasteiger partial charge is 0.463 e. The summed E-state index contributed by atoms with van der Waals surface area (Å²) in [6, 6.07) is 0. The van der Waals surface area contributed by atoms with Gasteiger partial charge in [0.2, 0.25) is 0 Å². The molecule has 0 N–H and O–H groups in total. The van der Waals surface area contributed by atoms with Gasteiger partial charge in [-0.2, -0.15) is 0 Å². The van der Waals surface area contributed by atoms with Crippen molar-refractivity contribution in [2.45, 2.75) is 123 Å². The lowest BCUT2D eigenvalue weighted by Crippen LogP contribution is -2.57. The number of carbonyl (C=O) groups is 1. The Kier molecular flexibility index (Phi) is 47.1. The average Bonchev–Trinajstić information content (AvgIpc) is 3.30. The molecule has 14 nitrogen and oxygen atoms in total. The van der Waals surface area contributed by atoms with E-state index in [4.69, 9.17) is 52.1 Å². The second kappa shape index (κ2) is 49.6. The third-order valence-corrected chi connectivity index (χ3v) is 11.2. The molecule has 380 valence electrons. The minimum absolute atomic E-state index is 0.161. The van der Waals surface area contributed by atoms with Crippen molar-refractivity contribution in [3.63, 3.8) is 0 Å². The van der Waals surface area contributed by atoms with Crippen LogP contribution in [0.4, 0.5) is 0 Å². The van der Waals surface area contributed by atoms with E-state index in [9.17, 15) is 4.79 Å². The molecule has 0 atom stereocenters. The topological polar surface area (TPSA) is 122 Å². The van der Waals surface area contributed by atoms with Gasteiger partial charge in [0.05, 0.1) is 159 Å². The molecule has 64 heavy (non-hydrogen) atoms. The summed E-state index contributed by atoms with van der Waals surface area (Å²) in [6.45, 7) is 21.8. The maximum absolute atomic E-state index is 12.1. The Balaban J connectivity index is 1.64. The van der Waals surface area contributed by atoms with Crippen molar-refractivity contribution in [2.24, 2.45) is 0 Å². The Labute approximate surface area is 391 Å². The average molecular weight is 920 g/mol. The molecule has 0 aromatic heterocycles. The Morgan fingerprint density at radius 3 is 1.14 bits per heavy atom. The third-order valence-electron chi connectivity index (χ3n) is 11.2. The van der Waals surface area contributed by atoms with Crippen LogP contribution in [0.3, 0.4) is 0 Å². The maximum Gasteiger partial charge on any atom is 0.307 e. The summed E-state index contributed by atoms with van der Waals surface area (Å²) in [7, 11) is 2.35. The summed E-state index contributed by atoms with van der Waals surface area (Å²) in [6.07, 6.45) is 26.2. The molecule has 1 heterocycles. The van der Waals surface area contributed by atoms with Crippen LogP contribution in [-0.2, 0) is 56.9 Å². The standard InChI is InChI=1S/C50H99N2O12/c1-4-6-8-9-10-11-12-13-14-15-16-17-18-19-20-21-29-54-30-31-55-32-33-56-34-35-57-36-37-58-38-39-59-40-41-60-42-43-61-44-45-62-46-47-63-48-49-64-50(53)22-23-51-24-27-52(3,28-25-51)26-7-5-2/h13-14H,4-12,15-49H2,1-3H3/q+1. The summed E-state index contributed by atoms with van der Waals surface area (Å²) in [5.74, 6) is -0.161. The van der Waals surface area contributed by atoms with Crippen LogP contribution in [0.2, 0.25) is 0 Å². The molecule has 0 aliphatic carbocycles. The van der Waals surface area contributed by atoms with Crippen LogP contribution in [0.5, 0.6) is 0 Å². The van der Waals surface area contributed by atoms with Gasteiger partial charge < -0.3 is 56.6 Å². The second-order valence-corrected chi connectivity index (χ2v) is 17.0. The van der Waals surface area contributed by atoms with Crippen LogP contribution < -0.4 is 0 Å². The molecule has 0 amide bonds. The lowest BCUT2D eigenvalue weighted by Gasteiger charge is -2.42. The van der Waals surface area contributed by atoms with Crippen LogP contribution in [0, 0.1) is 0 Å². The second-order valence-electron chi connectivity index (χ2n) is 17.0. The Bertz CT molecular complexity index is 973. The molecular formula is C50H99N2O12+. The first-order chi connectivity index (χ1) is 31.6. The predicted octanol–water partition coefficient (Wildman–Crippen LogP) is 7.69. The fraction of sp³-hybridized carbons (Fsp3) is 0.940. The highest BCUT2D eigenvalue weighted by molar-refractivity contribution is 5.69. The lowest BCUT2D eigenvalue weighted by atomic mass is 10.1. The normalized spacial score (nSPS) is 14.3. The van der Waals surface area contributed by atoms with E-state index in [0.29, 0.717) is 132 Å². The summed E-state index contributed by atoms with van der Waals surface area (Å²) in [4.78, 5) is 14.5. The number of rotatable bonds is 52. The summed E-state index contributed by atoms with van der Waals surface area (Å²) < 4.78 is 62.0. The van der Waals surface area contributed by atoms with Gasteiger partial charge in [0.25, 0.3) is 0 Å². The first-order valence-electron chi connectivity index (χ1n) is 25.7. The van der Waals surface area contributed by atoms with Crippen LogP contribution in [0.25, 0.3) is 0 Å². The number of allylic oxidation sites excluding steroid dienone is 2. The number of esters is 1. The number of unbranched alkanes of at least 4 members (excludes halogenated alkanes) is 13. The first kappa shape index (κ1) is 60.7. The predicted molar refractivity (Wildman–Crippen MR) is 255 cm³/mol. The van der Waals surface area contributed by atoms with E-state index in [1.165, 1.54) is 103 Å². The molecule has 0 bridgehead atoms. The minimum atomic E-state index is -0.161. The molecule has 14 heteroatoms. The van der Waals surface area contributed by atoms with Crippen molar-refractivity contribution < 1.29 is 61.4 Å². The maximum atomic E-state index is 12.1. The number of piperazine rings is 1. The van der Waals surface area contributed by atoms with Crippen molar-refractivity contribution in [3.8, 4) is 0 Å². The van der Waals surface area contributed by atoms with Crippen LogP contribution in [0.15, 0.2) is 12.2 Å². The molecule has 1 aliphatic heterocycles. The van der Waals surface area contributed by atoms with Gasteiger partial charge in [-0.3, -0.25) is 9.69 Å². The van der Waals surface area contributed by atoms with E-state index >= 15 is 0 Å². The van der Waals surface area contributed by atoms with Crippen molar-refractivity contribution >= 4 is 5.97 Å². The molecule has 0 saturated carbocycles. The number of quaternary nitrogens is 1. The van der Waals surface area contributed by atoms with E-state index < -0.39 is 0 Å². The monoisotopic (exact) mass is 920 g/mol. The molecule has 0 aromatic carbocycles. The van der Waals surface area contributed by atoms with E-state index in [-0.39, 0.29) is 12.6 Å². The number of likely N-dealkylation sites (N-methyl/N-ethyl adjacent to an activating group) is 1. The van der Waals surface area contributed by atoms with Gasteiger partial charge >= 0.3 is 5.97 Å². The molecular weight excluding hydrogens is 821 g/mol. The van der Waals surface area contributed by atoms with Gasteiger partial charge in [-0.05, 0) is 38.5 Å². The van der Waals surface area contributed by atoms with Crippen molar-refractivity contribution in [1.29, 1.82) is 0 Å². The molecule has 1 rings (SSSR count). The fourth-order valence-corrected chi connectivity index (χ4v) is 7.05. The van der Waals surface area contributed by atoms with E-state index in [0.717, 1.165) is 50.2 Å². The van der Waals surface area contributed by atoms with Gasteiger partial charge in [-0.25, -0.2) is 0 Å². The van der Waals surface area contributed by atoms with E-state index in [1.807, 2.05) is 0 Å². The number of carbonyl (C=O) groups excluding carboxylic acids is 1. The summed E-state index contributed by atoms with van der Waals surface area (Å²) >= 11 is 0. The zero-order valence-corrected chi connectivity index (χ0v) is 41.6. The van der Waals surface area contributed by atoms with E-state index in [1.54, 1.807) is 0 Å². The lowest BCUT2D eigenvalue weighted by molar-refractivity contribution is -0.913. The summed E-state index contributed by atoms with van der Waals surface area (Å²) in [5.41, 5.74) is 0. The molecule has 0 unspecified atom stereocenters. The van der Waals surface area contributed by atoms with Gasteiger partial charge in [-0.15, -0.1) is 0 Å². The zero-order chi connectivity index (χ0) is 46.0. The van der Waals surface area contributed by atoms with Crippen LogP contribution >= 0.6 is 0 Å².